The molecule has 4 aromatic rings. The predicted octanol–water partition coefficient (Wildman–Crippen LogP) is 2.91. The molecule has 1 saturated carbocycles. The smallest absolute Gasteiger partial charge is 0.264 e. The Morgan fingerprint density at radius 3 is 2.48 bits per heavy atom. The summed E-state index contributed by atoms with van der Waals surface area (Å²) in [7, 11) is 0. The molecule has 3 aliphatic rings. The number of amides is 4. The Balaban J connectivity index is 0.723. The molecule has 3 aromatic heterocycles. The van der Waals surface area contributed by atoms with Crippen LogP contribution in [0.4, 0.5) is 11.5 Å². The molecule has 4 N–H and O–H groups in total. The van der Waals surface area contributed by atoms with Gasteiger partial charge in [-0.3, -0.25) is 29.4 Å². The van der Waals surface area contributed by atoms with E-state index in [2.05, 4.69) is 56.6 Å². The highest BCUT2D eigenvalue weighted by atomic mass is 16.5. The number of anilines is 2. The molecule has 4 amide bonds. The molecule has 310 valence electrons. The highest BCUT2D eigenvalue weighted by molar-refractivity contribution is 6.25. The topological polar surface area (TPSA) is 208 Å². The van der Waals surface area contributed by atoms with E-state index in [1.54, 1.807) is 29.1 Å². The summed E-state index contributed by atoms with van der Waals surface area (Å²) in [5.74, 6) is -0.704. The normalized spacial score (nSPS) is 19.4. The van der Waals surface area contributed by atoms with Crippen molar-refractivity contribution >= 4 is 40.8 Å². The number of carbonyl (C=O) groups is 4. The lowest BCUT2D eigenvalue weighted by Crippen LogP contribution is -2.54. The van der Waals surface area contributed by atoms with Crippen LogP contribution in [0.3, 0.4) is 0 Å². The molecule has 0 bridgehead atoms. The van der Waals surface area contributed by atoms with Gasteiger partial charge >= 0.3 is 0 Å². The first-order chi connectivity index (χ1) is 28.3. The minimum Gasteiger partial charge on any atom is -0.382 e. The van der Waals surface area contributed by atoms with Crippen molar-refractivity contribution in [3.05, 3.63) is 65.2 Å². The predicted molar refractivity (Wildman–Crippen MR) is 212 cm³/mol. The number of hydrogen-bond donors (Lipinski definition) is 4. The first kappa shape index (κ1) is 40.9. The summed E-state index contributed by atoms with van der Waals surface area (Å²) < 4.78 is 20.7. The molecule has 1 aliphatic carbocycles. The molecule has 1 unspecified atom stereocenters. The van der Waals surface area contributed by atoms with Gasteiger partial charge in [-0.05, 0) is 50.7 Å². The second kappa shape index (κ2) is 19.4. The van der Waals surface area contributed by atoms with Crippen LogP contribution in [0.1, 0.15) is 96.8 Å². The Labute approximate surface area is 336 Å². The van der Waals surface area contributed by atoms with Gasteiger partial charge in [-0.2, -0.15) is 9.61 Å². The van der Waals surface area contributed by atoms with E-state index in [1.165, 1.54) is 0 Å². The van der Waals surface area contributed by atoms with E-state index in [9.17, 15) is 19.2 Å². The lowest BCUT2D eigenvalue weighted by atomic mass is 9.99. The Morgan fingerprint density at radius 1 is 0.914 bits per heavy atom. The summed E-state index contributed by atoms with van der Waals surface area (Å²) in [5.41, 5.74) is 3.82. The van der Waals surface area contributed by atoms with Gasteiger partial charge in [0.15, 0.2) is 5.65 Å². The molecule has 2 fully saturated rings. The number of fused-ring (bicyclic) bond motifs is 2. The van der Waals surface area contributed by atoms with E-state index < -0.39 is 29.7 Å². The van der Waals surface area contributed by atoms with Gasteiger partial charge in [0.2, 0.25) is 11.8 Å². The van der Waals surface area contributed by atoms with Crippen LogP contribution < -0.4 is 21.3 Å². The molecule has 2 aliphatic heterocycles. The van der Waals surface area contributed by atoms with Crippen LogP contribution in [-0.2, 0) is 36.9 Å². The number of piperidine rings is 1. The monoisotopic (exact) mass is 799 g/mol. The van der Waals surface area contributed by atoms with Crippen molar-refractivity contribution in [2.24, 2.45) is 0 Å². The van der Waals surface area contributed by atoms with E-state index in [-0.39, 0.29) is 24.0 Å². The first-order valence-corrected chi connectivity index (χ1v) is 20.4. The number of nitrogens with zero attached hydrogens (tertiary/aromatic N) is 7. The van der Waals surface area contributed by atoms with Gasteiger partial charge in [0, 0.05) is 67.2 Å². The third-order valence-electron chi connectivity index (χ3n) is 11.0. The van der Waals surface area contributed by atoms with Crippen LogP contribution in [0.15, 0.2) is 42.7 Å². The quantitative estimate of drug-likeness (QED) is 0.0666. The van der Waals surface area contributed by atoms with Crippen molar-refractivity contribution in [1.29, 1.82) is 0 Å². The second-order valence-corrected chi connectivity index (χ2v) is 14.8. The summed E-state index contributed by atoms with van der Waals surface area (Å²) in [5, 5.41) is 25.9. The van der Waals surface area contributed by atoms with Crippen LogP contribution in [-0.4, -0.2) is 122 Å². The summed E-state index contributed by atoms with van der Waals surface area (Å²) in [6, 6.07) is 8.81. The maximum atomic E-state index is 13.2. The lowest BCUT2D eigenvalue weighted by molar-refractivity contribution is -0.136. The zero-order valence-electron chi connectivity index (χ0n) is 33.2. The van der Waals surface area contributed by atoms with Crippen LogP contribution >= 0.6 is 0 Å². The van der Waals surface area contributed by atoms with E-state index in [0.717, 1.165) is 59.9 Å². The van der Waals surface area contributed by atoms with Gasteiger partial charge in [-0.1, -0.05) is 25.1 Å². The maximum absolute atomic E-state index is 13.2. The standard InChI is InChI=1S/C40H53N11O7/c1-3-26(4-2)32-23-35(51-34(45-32)12-13-43-51)44-28-9-8-27(22-28)42-24-29-25-49(48-47-29)15-17-57-19-21-58-20-18-56-16-14-41-31-7-5-6-30-37(31)40(55)50(39(30)54)33-10-11-36(52)46-38(33)53/h5-7,12-13,23,25-28,33,41-42,44H,3-4,8-11,14-22,24H2,1-2H3,(H,46,52,53)/t27-,28-,33?/m0/s1. The number of rotatable bonds is 22. The first-order valence-electron chi connectivity index (χ1n) is 20.4. The Hall–Kier alpha value is -5.30. The van der Waals surface area contributed by atoms with Crippen molar-refractivity contribution in [2.75, 3.05) is 56.8 Å². The Bertz CT molecular complexity index is 2060. The van der Waals surface area contributed by atoms with Gasteiger partial charge in [-0.25, -0.2) is 9.67 Å². The molecular weight excluding hydrogens is 747 g/mol. The van der Waals surface area contributed by atoms with Gasteiger partial charge in [0.1, 0.15) is 11.9 Å². The third kappa shape index (κ3) is 9.69. The average molecular weight is 800 g/mol. The summed E-state index contributed by atoms with van der Waals surface area (Å²) in [6.45, 7) is 8.52. The fourth-order valence-electron chi connectivity index (χ4n) is 7.86. The molecule has 7 rings (SSSR count). The average Bonchev–Trinajstić information content (AvgIpc) is 4.03. The number of benzene rings is 1. The molecule has 0 radical (unpaired) electrons. The number of carbonyl (C=O) groups excluding carboxylic acids is 4. The highest BCUT2D eigenvalue weighted by Crippen LogP contribution is 2.32. The van der Waals surface area contributed by atoms with Crippen molar-refractivity contribution in [3.63, 3.8) is 0 Å². The molecular formula is C40H53N11O7. The van der Waals surface area contributed by atoms with Crippen LogP contribution in [0.25, 0.3) is 5.65 Å². The van der Waals surface area contributed by atoms with Crippen LogP contribution in [0, 0.1) is 0 Å². The van der Waals surface area contributed by atoms with Gasteiger partial charge < -0.3 is 30.2 Å². The second-order valence-electron chi connectivity index (χ2n) is 14.8. The zero-order valence-corrected chi connectivity index (χ0v) is 33.2. The molecule has 1 aromatic carbocycles. The molecule has 58 heavy (non-hydrogen) atoms. The van der Waals surface area contributed by atoms with Crippen molar-refractivity contribution in [1.82, 2.24) is 45.1 Å². The van der Waals surface area contributed by atoms with Gasteiger partial charge in [0.05, 0.1) is 69.2 Å². The van der Waals surface area contributed by atoms with Crippen LogP contribution in [0.5, 0.6) is 0 Å². The molecule has 3 atom stereocenters. The van der Waals surface area contributed by atoms with E-state index >= 15 is 0 Å². The summed E-state index contributed by atoms with van der Waals surface area (Å²) >= 11 is 0. The van der Waals surface area contributed by atoms with Gasteiger partial charge in [0.25, 0.3) is 11.8 Å². The summed E-state index contributed by atoms with van der Waals surface area (Å²) in [4.78, 5) is 55.9. The maximum Gasteiger partial charge on any atom is 0.264 e. The number of ether oxygens (including phenoxy) is 3. The lowest BCUT2D eigenvalue weighted by Gasteiger charge is -2.27. The number of nitrogens with one attached hydrogen (secondary N) is 4. The number of imide groups is 2. The fraction of sp³-hybridized carbons (Fsp3) is 0.550. The zero-order chi connectivity index (χ0) is 40.4. The third-order valence-corrected chi connectivity index (χ3v) is 11.0. The van der Waals surface area contributed by atoms with E-state index in [4.69, 9.17) is 19.2 Å². The number of aromatic nitrogens is 6. The van der Waals surface area contributed by atoms with E-state index in [1.807, 2.05) is 16.8 Å². The Morgan fingerprint density at radius 2 is 1.69 bits per heavy atom. The minimum atomic E-state index is -1.01. The van der Waals surface area contributed by atoms with Crippen molar-refractivity contribution < 1.29 is 33.4 Å². The minimum absolute atomic E-state index is 0.0682. The molecule has 0 spiro atoms. The molecule has 18 heteroatoms. The SMILES string of the molecule is CCC(CC)c1cc(N[C@H]2CC[C@H](NCc3cn(CCOCCOCCOCCNc4cccc5c4C(=O)N(C4CCC(=O)NC4=O)C5=O)nn3)C2)n2nccc2n1. The molecule has 5 heterocycles. The molecule has 18 nitrogen and oxygen atoms in total. The largest absolute Gasteiger partial charge is 0.382 e. The Kier molecular flexibility index (Phi) is 13.7. The van der Waals surface area contributed by atoms with Gasteiger partial charge in [-0.15, -0.1) is 5.10 Å². The van der Waals surface area contributed by atoms with Crippen molar-refractivity contribution in [2.45, 2.75) is 95.9 Å². The highest BCUT2D eigenvalue weighted by Gasteiger charge is 2.45. The molecule has 1 saturated heterocycles. The fourth-order valence-corrected chi connectivity index (χ4v) is 7.86. The number of hydrogen-bond acceptors (Lipinski definition) is 14. The van der Waals surface area contributed by atoms with Crippen molar-refractivity contribution in [3.8, 4) is 0 Å². The summed E-state index contributed by atoms with van der Waals surface area (Å²) in [6.07, 6.45) is 9.22. The van der Waals surface area contributed by atoms with E-state index in [0.29, 0.717) is 83.0 Å². The van der Waals surface area contributed by atoms with Crippen LogP contribution in [0.2, 0.25) is 0 Å².